The second-order valence-electron chi connectivity index (χ2n) is 1.90. The minimum atomic E-state index is -0.953. The summed E-state index contributed by atoms with van der Waals surface area (Å²) in [5.41, 5.74) is 14.8. The van der Waals surface area contributed by atoms with Gasteiger partial charge in [0.1, 0.15) is 12.6 Å². The van der Waals surface area contributed by atoms with Gasteiger partial charge >= 0.3 is 5.97 Å². The van der Waals surface area contributed by atoms with Crippen LogP contribution < -0.4 is 17.2 Å². The third-order valence-corrected chi connectivity index (χ3v) is 0.956. The van der Waals surface area contributed by atoms with Gasteiger partial charge in [-0.05, 0) is 0 Å². The van der Waals surface area contributed by atoms with Crippen molar-refractivity contribution in [1.29, 1.82) is 0 Å². The molecular weight excluding hydrogens is 150 g/mol. The monoisotopic (exact) mass is 161 g/mol. The summed E-state index contributed by atoms with van der Waals surface area (Å²) in [7, 11) is 0. The average molecular weight is 161 g/mol. The Kier molecular flexibility index (Phi) is 4.16. The Morgan fingerprint density at radius 3 is 2.36 bits per heavy atom. The number of amides is 1. The molecule has 6 nitrogen and oxygen atoms in total. The van der Waals surface area contributed by atoms with Gasteiger partial charge in [-0.2, -0.15) is 0 Å². The summed E-state index contributed by atoms with van der Waals surface area (Å²) in [4.78, 5) is 20.7. The van der Waals surface area contributed by atoms with E-state index in [1.54, 1.807) is 0 Å². The van der Waals surface area contributed by atoms with E-state index in [-0.39, 0.29) is 13.2 Å². The van der Waals surface area contributed by atoms with Crippen molar-refractivity contribution < 1.29 is 14.3 Å². The van der Waals surface area contributed by atoms with Gasteiger partial charge in [0, 0.05) is 0 Å². The van der Waals surface area contributed by atoms with Crippen LogP contribution in [0.25, 0.3) is 0 Å². The SMILES string of the molecule is NCC(=O)OCC(N)C(N)=O. The number of nitrogens with two attached hydrogens (primary N) is 3. The molecular formula is C5H11N3O3. The van der Waals surface area contributed by atoms with Crippen molar-refractivity contribution in [2.75, 3.05) is 13.2 Å². The number of hydrogen-bond donors (Lipinski definition) is 3. The van der Waals surface area contributed by atoms with Gasteiger partial charge < -0.3 is 21.9 Å². The van der Waals surface area contributed by atoms with Crippen LogP contribution in [-0.4, -0.2) is 31.1 Å². The van der Waals surface area contributed by atoms with Gasteiger partial charge in [-0.3, -0.25) is 9.59 Å². The number of rotatable bonds is 4. The highest BCUT2D eigenvalue weighted by molar-refractivity contribution is 5.80. The van der Waals surface area contributed by atoms with Crippen LogP contribution >= 0.6 is 0 Å². The quantitative estimate of drug-likeness (QED) is 0.387. The Morgan fingerprint density at radius 1 is 1.45 bits per heavy atom. The molecule has 0 rings (SSSR count). The molecule has 64 valence electrons. The van der Waals surface area contributed by atoms with Crippen LogP contribution in [-0.2, 0) is 14.3 Å². The Bertz CT molecular complexity index is 159. The van der Waals surface area contributed by atoms with Gasteiger partial charge in [-0.1, -0.05) is 0 Å². The summed E-state index contributed by atoms with van der Waals surface area (Å²) in [5, 5.41) is 0. The summed E-state index contributed by atoms with van der Waals surface area (Å²) in [6.45, 7) is -0.448. The molecule has 0 radical (unpaired) electrons. The maximum atomic E-state index is 10.4. The lowest BCUT2D eigenvalue weighted by molar-refractivity contribution is -0.143. The van der Waals surface area contributed by atoms with Gasteiger partial charge in [0.25, 0.3) is 0 Å². The lowest BCUT2D eigenvalue weighted by Crippen LogP contribution is -2.41. The Labute approximate surface area is 63.7 Å². The van der Waals surface area contributed by atoms with Crippen molar-refractivity contribution in [3.05, 3.63) is 0 Å². The fourth-order valence-electron chi connectivity index (χ4n) is 0.324. The predicted molar refractivity (Wildman–Crippen MR) is 37.2 cm³/mol. The fraction of sp³-hybridized carbons (Fsp3) is 0.600. The Hall–Kier alpha value is -1.14. The van der Waals surface area contributed by atoms with Crippen LogP contribution in [0, 0.1) is 0 Å². The minimum Gasteiger partial charge on any atom is -0.463 e. The zero-order valence-corrected chi connectivity index (χ0v) is 5.95. The highest BCUT2D eigenvalue weighted by Crippen LogP contribution is 1.80. The molecule has 0 spiro atoms. The van der Waals surface area contributed by atoms with Crippen LogP contribution in [0.3, 0.4) is 0 Å². The topological polar surface area (TPSA) is 121 Å². The number of carbonyl (C=O) groups excluding carboxylic acids is 2. The molecule has 0 saturated carbocycles. The predicted octanol–water partition coefficient (Wildman–Crippen LogP) is -2.70. The minimum absolute atomic E-state index is 0.217. The van der Waals surface area contributed by atoms with Crippen LogP contribution in [0.4, 0.5) is 0 Å². The van der Waals surface area contributed by atoms with E-state index in [1.807, 2.05) is 0 Å². The molecule has 1 atom stereocenters. The zero-order chi connectivity index (χ0) is 8.85. The van der Waals surface area contributed by atoms with Crippen LogP contribution in [0.15, 0.2) is 0 Å². The van der Waals surface area contributed by atoms with Crippen molar-refractivity contribution in [3.8, 4) is 0 Å². The maximum Gasteiger partial charge on any atom is 0.319 e. The zero-order valence-electron chi connectivity index (χ0n) is 5.95. The van der Waals surface area contributed by atoms with Crippen molar-refractivity contribution in [1.82, 2.24) is 0 Å². The highest BCUT2D eigenvalue weighted by atomic mass is 16.5. The first-order valence-corrected chi connectivity index (χ1v) is 2.98. The summed E-state index contributed by atoms with van der Waals surface area (Å²) < 4.78 is 4.42. The van der Waals surface area contributed by atoms with E-state index < -0.39 is 17.9 Å². The lowest BCUT2D eigenvalue weighted by atomic mass is 10.3. The summed E-state index contributed by atoms with van der Waals surface area (Å²) in [6, 6.07) is -0.953. The number of esters is 1. The molecule has 0 aliphatic rings. The van der Waals surface area contributed by atoms with E-state index in [0.717, 1.165) is 0 Å². The molecule has 6 N–H and O–H groups in total. The first-order chi connectivity index (χ1) is 5.07. The van der Waals surface area contributed by atoms with Gasteiger partial charge in [-0.15, -0.1) is 0 Å². The summed E-state index contributed by atoms with van der Waals surface area (Å²) in [5.74, 6) is -1.32. The van der Waals surface area contributed by atoms with Crippen molar-refractivity contribution in [3.63, 3.8) is 0 Å². The molecule has 6 heteroatoms. The van der Waals surface area contributed by atoms with Gasteiger partial charge in [0.2, 0.25) is 5.91 Å². The van der Waals surface area contributed by atoms with Crippen LogP contribution in [0.5, 0.6) is 0 Å². The third kappa shape index (κ3) is 4.29. The molecule has 0 aromatic carbocycles. The first kappa shape index (κ1) is 9.86. The van der Waals surface area contributed by atoms with Gasteiger partial charge in [0.15, 0.2) is 0 Å². The molecule has 0 aliphatic heterocycles. The molecule has 0 aromatic rings. The molecule has 0 fully saturated rings. The lowest BCUT2D eigenvalue weighted by Gasteiger charge is -2.06. The Morgan fingerprint density at radius 2 is 2.00 bits per heavy atom. The van der Waals surface area contributed by atoms with Gasteiger partial charge in [0.05, 0.1) is 6.54 Å². The van der Waals surface area contributed by atoms with E-state index in [1.165, 1.54) is 0 Å². The molecule has 1 unspecified atom stereocenters. The number of carbonyl (C=O) groups is 2. The molecule has 0 saturated heterocycles. The second kappa shape index (κ2) is 4.64. The van der Waals surface area contributed by atoms with E-state index in [0.29, 0.717) is 0 Å². The molecule has 1 amide bonds. The number of ether oxygens (including phenoxy) is 1. The number of hydrogen-bond acceptors (Lipinski definition) is 5. The van der Waals surface area contributed by atoms with Crippen molar-refractivity contribution in [2.45, 2.75) is 6.04 Å². The Balaban J connectivity index is 3.54. The first-order valence-electron chi connectivity index (χ1n) is 2.98. The summed E-state index contributed by atoms with van der Waals surface area (Å²) in [6.07, 6.45) is 0. The van der Waals surface area contributed by atoms with Crippen LogP contribution in [0.2, 0.25) is 0 Å². The molecule has 11 heavy (non-hydrogen) atoms. The normalized spacial score (nSPS) is 12.2. The van der Waals surface area contributed by atoms with Crippen molar-refractivity contribution in [2.24, 2.45) is 17.2 Å². The second-order valence-corrected chi connectivity index (χ2v) is 1.90. The molecule has 0 bridgehead atoms. The maximum absolute atomic E-state index is 10.4. The van der Waals surface area contributed by atoms with Gasteiger partial charge in [-0.25, -0.2) is 0 Å². The smallest absolute Gasteiger partial charge is 0.319 e. The standard InChI is InChI=1S/C5H11N3O3/c6-1-4(9)11-2-3(7)5(8)10/h3H,1-2,6-7H2,(H2,8,10). The molecule has 0 aromatic heterocycles. The fourth-order valence-corrected chi connectivity index (χ4v) is 0.324. The van der Waals surface area contributed by atoms with Crippen molar-refractivity contribution >= 4 is 11.9 Å². The third-order valence-electron chi connectivity index (χ3n) is 0.956. The van der Waals surface area contributed by atoms with E-state index >= 15 is 0 Å². The van der Waals surface area contributed by atoms with E-state index in [9.17, 15) is 9.59 Å². The average Bonchev–Trinajstić information content (AvgIpc) is 1.99. The van der Waals surface area contributed by atoms with Crippen LogP contribution in [0.1, 0.15) is 0 Å². The largest absolute Gasteiger partial charge is 0.463 e. The van der Waals surface area contributed by atoms with E-state index in [4.69, 9.17) is 17.2 Å². The highest BCUT2D eigenvalue weighted by Gasteiger charge is 2.10. The van der Waals surface area contributed by atoms with E-state index in [2.05, 4.69) is 4.74 Å². The number of primary amides is 1. The summed E-state index contributed by atoms with van der Waals surface area (Å²) >= 11 is 0. The molecule has 0 heterocycles. The molecule has 0 aliphatic carbocycles.